The molecule has 1 aromatic heterocycles. The van der Waals surface area contributed by atoms with E-state index in [0.29, 0.717) is 16.5 Å². The molecule has 0 atom stereocenters. The molecule has 2 rings (SSSR count). The van der Waals surface area contributed by atoms with E-state index in [1.165, 1.54) is 6.08 Å². The number of rotatable bonds is 4. The van der Waals surface area contributed by atoms with Crippen LogP contribution in [0.1, 0.15) is 19.6 Å². The van der Waals surface area contributed by atoms with Crippen molar-refractivity contribution in [2.24, 2.45) is 5.92 Å². The van der Waals surface area contributed by atoms with Crippen molar-refractivity contribution in [3.8, 4) is 11.3 Å². The van der Waals surface area contributed by atoms with Crippen LogP contribution in [0.3, 0.4) is 0 Å². The van der Waals surface area contributed by atoms with Gasteiger partial charge in [0.1, 0.15) is 11.5 Å². The van der Waals surface area contributed by atoms with Crippen LogP contribution in [0.25, 0.3) is 17.4 Å². The molecule has 2 aromatic rings. The third-order valence-electron chi connectivity index (χ3n) is 2.85. The first kappa shape index (κ1) is 14.3. The lowest BCUT2D eigenvalue weighted by molar-refractivity contribution is -0.431. The van der Waals surface area contributed by atoms with E-state index in [1.54, 1.807) is 38.1 Å². The number of hydrogen-bond acceptors (Lipinski definition) is 3. The molecule has 4 nitrogen and oxygen atoms in total. The summed E-state index contributed by atoms with van der Waals surface area (Å²) < 4.78 is 5.62. The van der Waals surface area contributed by atoms with Crippen LogP contribution in [0, 0.1) is 16.0 Å². The molecule has 0 bridgehead atoms. The highest BCUT2D eigenvalue weighted by atomic mass is 35.5. The lowest BCUT2D eigenvalue weighted by Crippen LogP contribution is -2.05. The molecule has 20 heavy (non-hydrogen) atoms. The van der Waals surface area contributed by atoms with Crippen molar-refractivity contribution in [1.82, 2.24) is 0 Å². The normalized spacial score (nSPS) is 11.9. The second-order valence-electron chi connectivity index (χ2n) is 4.69. The van der Waals surface area contributed by atoms with Gasteiger partial charge in [0, 0.05) is 16.5 Å². The Morgan fingerprint density at radius 2 is 1.90 bits per heavy atom. The number of nitrogens with zero attached hydrogens (tertiary/aromatic N) is 1. The summed E-state index contributed by atoms with van der Waals surface area (Å²) in [5.74, 6) is 0.948. The summed E-state index contributed by atoms with van der Waals surface area (Å²) in [7, 11) is 0. The van der Waals surface area contributed by atoms with Gasteiger partial charge in [-0.05, 0) is 36.4 Å². The van der Waals surface area contributed by atoms with Gasteiger partial charge in [-0.3, -0.25) is 10.1 Å². The SMILES string of the molecule is CC(C)/C(=C/c1ccc(-c2ccc(Cl)cc2)o1)[N+](=O)[O-]. The summed E-state index contributed by atoms with van der Waals surface area (Å²) in [5.41, 5.74) is 1.00. The van der Waals surface area contributed by atoms with Crippen molar-refractivity contribution in [1.29, 1.82) is 0 Å². The van der Waals surface area contributed by atoms with Gasteiger partial charge in [0.25, 0.3) is 5.70 Å². The molecule has 1 aromatic carbocycles. The number of benzene rings is 1. The third-order valence-corrected chi connectivity index (χ3v) is 3.10. The summed E-state index contributed by atoms with van der Waals surface area (Å²) in [5, 5.41) is 11.6. The molecule has 0 fully saturated rings. The first-order valence-electron chi connectivity index (χ1n) is 6.19. The quantitative estimate of drug-likeness (QED) is 0.596. The zero-order valence-corrected chi connectivity index (χ0v) is 11.9. The molecule has 0 aliphatic heterocycles. The Labute approximate surface area is 121 Å². The fourth-order valence-corrected chi connectivity index (χ4v) is 1.90. The molecule has 0 saturated heterocycles. The molecular formula is C15H14ClNO3. The first-order chi connectivity index (χ1) is 9.47. The minimum absolute atomic E-state index is 0.127. The fourth-order valence-electron chi connectivity index (χ4n) is 1.78. The molecule has 0 radical (unpaired) electrons. The van der Waals surface area contributed by atoms with E-state index in [4.69, 9.17) is 16.0 Å². The Bertz CT molecular complexity index is 641. The summed E-state index contributed by atoms with van der Waals surface area (Å²) in [4.78, 5) is 10.6. The van der Waals surface area contributed by atoms with Crippen LogP contribution in [-0.4, -0.2) is 4.92 Å². The van der Waals surface area contributed by atoms with Gasteiger partial charge in [-0.15, -0.1) is 0 Å². The third kappa shape index (κ3) is 3.27. The average molecular weight is 292 g/mol. The smallest absolute Gasteiger partial charge is 0.252 e. The van der Waals surface area contributed by atoms with Gasteiger partial charge in [-0.2, -0.15) is 0 Å². The maximum absolute atomic E-state index is 10.9. The summed E-state index contributed by atoms with van der Waals surface area (Å²) in [6.07, 6.45) is 1.46. The maximum atomic E-state index is 10.9. The topological polar surface area (TPSA) is 56.3 Å². The lowest BCUT2D eigenvalue weighted by atomic mass is 10.1. The largest absolute Gasteiger partial charge is 0.456 e. The summed E-state index contributed by atoms with van der Waals surface area (Å²) >= 11 is 5.83. The van der Waals surface area contributed by atoms with Crippen LogP contribution in [0.4, 0.5) is 0 Å². The molecule has 0 saturated carbocycles. The molecule has 1 heterocycles. The van der Waals surface area contributed by atoms with E-state index in [9.17, 15) is 10.1 Å². The Morgan fingerprint density at radius 1 is 1.25 bits per heavy atom. The van der Waals surface area contributed by atoms with Gasteiger partial charge >= 0.3 is 0 Å². The summed E-state index contributed by atoms with van der Waals surface area (Å²) in [6, 6.07) is 10.7. The molecular weight excluding hydrogens is 278 g/mol. The molecule has 0 amide bonds. The zero-order chi connectivity index (χ0) is 14.7. The van der Waals surface area contributed by atoms with Crippen molar-refractivity contribution in [3.63, 3.8) is 0 Å². The highest BCUT2D eigenvalue weighted by molar-refractivity contribution is 6.30. The van der Waals surface area contributed by atoms with Gasteiger partial charge in [-0.25, -0.2) is 0 Å². The van der Waals surface area contributed by atoms with E-state index < -0.39 is 0 Å². The van der Waals surface area contributed by atoms with E-state index in [2.05, 4.69) is 0 Å². The highest BCUT2D eigenvalue weighted by Crippen LogP contribution is 2.25. The zero-order valence-electron chi connectivity index (χ0n) is 11.2. The molecule has 0 unspecified atom stereocenters. The van der Waals surface area contributed by atoms with Crippen LogP contribution in [0.2, 0.25) is 5.02 Å². The standard InChI is InChI=1S/C15H14ClNO3/c1-10(2)14(17(18)19)9-13-7-8-15(20-13)11-3-5-12(16)6-4-11/h3-10H,1-2H3/b14-9-. The molecule has 0 spiro atoms. The minimum Gasteiger partial charge on any atom is -0.456 e. The van der Waals surface area contributed by atoms with E-state index in [-0.39, 0.29) is 16.5 Å². The Morgan fingerprint density at radius 3 is 2.45 bits per heavy atom. The van der Waals surface area contributed by atoms with E-state index in [1.807, 2.05) is 12.1 Å². The maximum Gasteiger partial charge on any atom is 0.252 e. The van der Waals surface area contributed by atoms with E-state index >= 15 is 0 Å². The van der Waals surface area contributed by atoms with Crippen molar-refractivity contribution >= 4 is 17.7 Å². The Balaban J connectivity index is 2.31. The Hall–Kier alpha value is -2.07. The molecule has 0 N–H and O–H groups in total. The van der Waals surface area contributed by atoms with Gasteiger partial charge in [0.2, 0.25) is 0 Å². The fraction of sp³-hybridized carbons (Fsp3) is 0.200. The molecule has 0 aliphatic carbocycles. The predicted molar refractivity (Wildman–Crippen MR) is 79.0 cm³/mol. The number of hydrogen-bond donors (Lipinski definition) is 0. The lowest BCUT2D eigenvalue weighted by Gasteiger charge is -2.00. The first-order valence-corrected chi connectivity index (χ1v) is 6.57. The highest BCUT2D eigenvalue weighted by Gasteiger charge is 2.16. The minimum atomic E-state index is -0.380. The predicted octanol–water partition coefficient (Wildman–Crippen LogP) is 4.87. The molecule has 104 valence electrons. The average Bonchev–Trinajstić information content (AvgIpc) is 2.84. The van der Waals surface area contributed by atoms with Crippen LogP contribution in [0.5, 0.6) is 0 Å². The number of allylic oxidation sites excluding steroid dienone is 1. The molecule has 5 heteroatoms. The second-order valence-corrected chi connectivity index (χ2v) is 5.13. The molecule has 0 aliphatic rings. The monoisotopic (exact) mass is 291 g/mol. The van der Waals surface area contributed by atoms with Crippen LogP contribution >= 0.6 is 11.6 Å². The van der Waals surface area contributed by atoms with E-state index in [0.717, 1.165) is 5.56 Å². The van der Waals surface area contributed by atoms with Crippen molar-refractivity contribution < 1.29 is 9.34 Å². The number of halogens is 1. The summed E-state index contributed by atoms with van der Waals surface area (Å²) in [6.45, 7) is 3.55. The van der Waals surface area contributed by atoms with Crippen LogP contribution < -0.4 is 0 Å². The van der Waals surface area contributed by atoms with Crippen molar-refractivity contribution in [2.75, 3.05) is 0 Å². The Kier molecular flexibility index (Phi) is 4.25. The number of furan rings is 1. The van der Waals surface area contributed by atoms with Gasteiger partial charge < -0.3 is 4.42 Å². The van der Waals surface area contributed by atoms with Crippen molar-refractivity contribution in [2.45, 2.75) is 13.8 Å². The number of nitro groups is 1. The van der Waals surface area contributed by atoms with Gasteiger partial charge in [0.15, 0.2) is 0 Å². The van der Waals surface area contributed by atoms with Gasteiger partial charge in [0.05, 0.1) is 11.0 Å². The van der Waals surface area contributed by atoms with Crippen LogP contribution in [0.15, 0.2) is 46.5 Å². The van der Waals surface area contributed by atoms with Crippen LogP contribution in [-0.2, 0) is 0 Å². The van der Waals surface area contributed by atoms with Gasteiger partial charge in [-0.1, -0.05) is 25.4 Å². The second kappa shape index (κ2) is 5.92. The van der Waals surface area contributed by atoms with Crippen molar-refractivity contribution in [3.05, 3.63) is 63.0 Å².